The number of likely N-dealkylation sites (tertiary alicyclic amines) is 1. The Morgan fingerprint density at radius 3 is 2.74 bits per heavy atom. The summed E-state index contributed by atoms with van der Waals surface area (Å²) in [4.78, 5) is 13.7. The van der Waals surface area contributed by atoms with E-state index in [0.29, 0.717) is 36.6 Å². The summed E-state index contributed by atoms with van der Waals surface area (Å²) >= 11 is 0. The number of benzene rings is 1. The lowest BCUT2D eigenvalue weighted by Gasteiger charge is -2.32. The standard InChI is InChI=1S/C18H25NO4/c1-22-16-8-4-5-9-17(16)23-11-10-19-14-7-3-2-6-13(14)12-15(19)18(20)21/h4-5,8-9,13-15H,2-3,6-7,10-12H2,1H3,(H,20,21). The van der Waals surface area contributed by atoms with Crippen molar-refractivity contribution in [3.8, 4) is 11.5 Å². The molecule has 1 heterocycles. The molecular weight excluding hydrogens is 294 g/mol. The Kier molecular flexibility index (Phi) is 5.06. The van der Waals surface area contributed by atoms with Gasteiger partial charge in [0.25, 0.3) is 0 Å². The normalized spacial score (nSPS) is 27.4. The van der Waals surface area contributed by atoms with Gasteiger partial charge in [0, 0.05) is 12.6 Å². The highest BCUT2D eigenvalue weighted by atomic mass is 16.5. The van der Waals surface area contributed by atoms with Gasteiger partial charge in [-0.15, -0.1) is 0 Å². The smallest absolute Gasteiger partial charge is 0.320 e. The zero-order chi connectivity index (χ0) is 16.2. The summed E-state index contributed by atoms with van der Waals surface area (Å²) in [5, 5.41) is 9.53. The molecule has 1 saturated heterocycles. The zero-order valence-electron chi connectivity index (χ0n) is 13.6. The molecule has 3 atom stereocenters. The van der Waals surface area contributed by atoms with Crippen LogP contribution in [0.5, 0.6) is 11.5 Å². The van der Waals surface area contributed by atoms with E-state index in [1.165, 1.54) is 12.8 Å². The van der Waals surface area contributed by atoms with Gasteiger partial charge in [-0.1, -0.05) is 25.0 Å². The van der Waals surface area contributed by atoms with Crippen molar-refractivity contribution in [2.45, 2.75) is 44.2 Å². The lowest BCUT2D eigenvalue weighted by Crippen LogP contribution is -2.44. The quantitative estimate of drug-likeness (QED) is 0.874. The molecule has 1 aliphatic carbocycles. The van der Waals surface area contributed by atoms with Gasteiger partial charge in [-0.3, -0.25) is 9.69 Å². The third-order valence-corrected chi connectivity index (χ3v) is 5.18. The first kappa shape index (κ1) is 16.1. The van der Waals surface area contributed by atoms with Crippen LogP contribution in [0.3, 0.4) is 0 Å². The Morgan fingerprint density at radius 1 is 1.26 bits per heavy atom. The van der Waals surface area contributed by atoms with E-state index in [0.717, 1.165) is 19.3 Å². The number of nitrogens with zero attached hydrogens (tertiary/aromatic N) is 1. The predicted octanol–water partition coefficient (Wildman–Crippen LogP) is 2.79. The molecule has 1 N–H and O–H groups in total. The van der Waals surface area contributed by atoms with Crippen LogP contribution < -0.4 is 9.47 Å². The molecule has 2 fully saturated rings. The Morgan fingerprint density at radius 2 is 2.00 bits per heavy atom. The van der Waals surface area contributed by atoms with E-state index in [1.807, 2.05) is 24.3 Å². The second-order valence-corrected chi connectivity index (χ2v) is 6.44. The topological polar surface area (TPSA) is 59.0 Å². The van der Waals surface area contributed by atoms with Crippen LogP contribution in [0.15, 0.2) is 24.3 Å². The van der Waals surface area contributed by atoms with Gasteiger partial charge < -0.3 is 14.6 Å². The summed E-state index contributed by atoms with van der Waals surface area (Å²) < 4.78 is 11.1. The number of aliphatic carboxylic acids is 1. The monoisotopic (exact) mass is 319 g/mol. The van der Waals surface area contributed by atoms with Gasteiger partial charge in [0.15, 0.2) is 11.5 Å². The Hall–Kier alpha value is -1.75. The predicted molar refractivity (Wildman–Crippen MR) is 87.0 cm³/mol. The van der Waals surface area contributed by atoms with Crippen molar-refractivity contribution in [3.05, 3.63) is 24.3 Å². The van der Waals surface area contributed by atoms with Crippen LogP contribution in [0, 0.1) is 5.92 Å². The number of rotatable bonds is 6. The van der Waals surface area contributed by atoms with Gasteiger partial charge >= 0.3 is 5.97 Å². The number of carbonyl (C=O) groups is 1. The van der Waals surface area contributed by atoms with Crippen molar-refractivity contribution < 1.29 is 19.4 Å². The van der Waals surface area contributed by atoms with E-state index in [-0.39, 0.29) is 6.04 Å². The lowest BCUT2D eigenvalue weighted by atomic mass is 9.85. The first-order chi connectivity index (χ1) is 11.2. The number of carboxylic acids is 1. The Bertz CT molecular complexity index is 548. The summed E-state index contributed by atoms with van der Waals surface area (Å²) in [6.07, 6.45) is 5.51. The average molecular weight is 319 g/mol. The van der Waals surface area contributed by atoms with Crippen LogP contribution in [0.4, 0.5) is 0 Å². The van der Waals surface area contributed by atoms with Crippen molar-refractivity contribution in [1.29, 1.82) is 0 Å². The number of carboxylic acid groups (broad SMARTS) is 1. The number of hydrogen-bond acceptors (Lipinski definition) is 4. The zero-order valence-corrected chi connectivity index (χ0v) is 13.6. The maximum absolute atomic E-state index is 11.6. The van der Waals surface area contributed by atoms with Crippen molar-refractivity contribution in [1.82, 2.24) is 4.90 Å². The first-order valence-electron chi connectivity index (χ1n) is 8.45. The molecule has 1 aromatic rings. The second kappa shape index (κ2) is 7.21. The van der Waals surface area contributed by atoms with Crippen LogP contribution in [0.25, 0.3) is 0 Å². The lowest BCUT2D eigenvalue weighted by molar-refractivity contribution is -0.142. The molecule has 23 heavy (non-hydrogen) atoms. The molecule has 0 bridgehead atoms. The molecule has 5 nitrogen and oxygen atoms in total. The fourth-order valence-electron chi connectivity index (χ4n) is 4.12. The van der Waals surface area contributed by atoms with E-state index < -0.39 is 5.97 Å². The molecule has 3 unspecified atom stereocenters. The highest BCUT2D eigenvalue weighted by molar-refractivity contribution is 5.74. The van der Waals surface area contributed by atoms with Crippen LogP contribution in [0.1, 0.15) is 32.1 Å². The fraction of sp³-hybridized carbons (Fsp3) is 0.611. The second-order valence-electron chi connectivity index (χ2n) is 6.44. The van der Waals surface area contributed by atoms with Crippen LogP contribution in [-0.2, 0) is 4.79 Å². The molecule has 0 aromatic heterocycles. The molecule has 2 aliphatic rings. The van der Waals surface area contributed by atoms with Crippen molar-refractivity contribution in [2.24, 2.45) is 5.92 Å². The third-order valence-electron chi connectivity index (χ3n) is 5.18. The number of methoxy groups -OCH3 is 1. The largest absolute Gasteiger partial charge is 0.493 e. The van der Waals surface area contributed by atoms with Crippen molar-refractivity contribution >= 4 is 5.97 Å². The van der Waals surface area contributed by atoms with Crippen LogP contribution >= 0.6 is 0 Å². The minimum atomic E-state index is -0.698. The van der Waals surface area contributed by atoms with Gasteiger partial charge in [-0.05, 0) is 37.3 Å². The molecule has 3 rings (SSSR count). The molecule has 5 heteroatoms. The minimum Gasteiger partial charge on any atom is -0.493 e. The summed E-state index contributed by atoms with van der Waals surface area (Å²) in [6, 6.07) is 7.60. The van der Waals surface area contributed by atoms with Gasteiger partial charge in [0.05, 0.1) is 7.11 Å². The van der Waals surface area contributed by atoms with Crippen molar-refractivity contribution in [3.63, 3.8) is 0 Å². The summed E-state index contributed by atoms with van der Waals surface area (Å²) in [6.45, 7) is 1.13. The SMILES string of the molecule is COc1ccccc1OCCN1C(C(=O)O)CC2CCCCC21. The van der Waals surface area contributed by atoms with E-state index in [2.05, 4.69) is 4.90 Å². The van der Waals surface area contributed by atoms with Gasteiger partial charge in [0.2, 0.25) is 0 Å². The molecular formula is C18H25NO4. The highest BCUT2D eigenvalue weighted by Gasteiger charge is 2.44. The fourth-order valence-corrected chi connectivity index (χ4v) is 4.12. The number of para-hydroxylation sites is 2. The van der Waals surface area contributed by atoms with E-state index in [1.54, 1.807) is 7.11 Å². The van der Waals surface area contributed by atoms with Gasteiger partial charge in [-0.2, -0.15) is 0 Å². The Balaban J connectivity index is 1.62. The maximum atomic E-state index is 11.6. The van der Waals surface area contributed by atoms with Crippen LogP contribution in [-0.4, -0.2) is 48.3 Å². The molecule has 1 aliphatic heterocycles. The maximum Gasteiger partial charge on any atom is 0.320 e. The van der Waals surface area contributed by atoms with Gasteiger partial charge in [-0.25, -0.2) is 0 Å². The average Bonchev–Trinajstić information content (AvgIpc) is 2.94. The third kappa shape index (κ3) is 3.44. The highest BCUT2D eigenvalue weighted by Crippen LogP contribution is 2.39. The minimum absolute atomic E-state index is 0.357. The molecule has 0 amide bonds. The summed E-state index contributed by atoms with van der Waals surface area (Å²) in [5.74, 6) is 1.26. The summed E-state index contributed by atoms with van der Waals surface area (Å²) in [5.41, 5.74) is 0. The van der Waals surface area contributed by atoms with E-state index in [9.17, 15) is 9.90 Å². The van der Waals surface area contributed by atoms with E-state index in [4.69, 9.17) is 9.47 Å². The molecule has 126 valence electrons. The number of fused-ring (bicyclic) bond motifs is 1. The molecule has 1 saturated carbocycles. The molecule has 1 aromatic carbocycles. The van der Waals surface area contributed by atoms with E-state index >= 15 is 0 Å². The number of ether oxygens (including phenoxy) is 2. The van der Waals surface area contributed by atoms with Crippen LogP contribution in [0.2, 0.25) is 0 Å². The van der Waals surface area contributed by atoms with Crippen molar-refractivity contribution in [2.75, 3.05) is 20.3 Å². The first-order valence-corrected chi connectivity index (χ1v) is 8.45. The van der Waals surface area contributed by atoms with Gasteiger partial charge in [0.1, 0.15) is 12.6 Å². The Labute approximate surface area is 137 Å². The summed E-state index contributed by atoms with van der Waals surface area (Å²) in [7, 11) is 1.62. The molecule has 0 spiro atoms. The molecule has 0 radical (unpaired) electrons. The number of hydrogen-bond donors (Lipinski definition) is 1.